The molecule has 1 amide bonds. The van der Waals surface area contributed by atoms with Crippen LogP contribution in [0.1, 0.15) is 23.7 Å². The molecule has 0 aromatic heterocycles. The zero-order chi connectivity index (χ0) is 21.9. The summed E-state index contributed by atoms with van der Waals surface area (Å²) in [4.78, 5) is 11.2. The zero-order valence-electron chi connectivity index (χ0n) is 15.0. The van der Waals surface area contributed by atoms with Gasteiger partial charge in [0, 0.05) is 16.9 Å². The summed E-state index contributed by atoms with van der Waals surface area (Å²) in [5.74, 6) is -0.716. The predicted molar refractivity (Wildman–Crippen MR) is 102 cm³/mol. The third-order valence-corrected chi connectivity index (χ3v) is 6.62. The highest BCUT2D eigenvalue weighted by atomic mass is 32.2. The first-order chi connectivity index (χ1) is 13.4. The summed E-state index contributed by atoms with van der Waals surface area (Å²) in [6.07, 6.45) is 0.451. The van der Waals surface area contributed by atoms with Gasteiger partial charge in [0.15, 0.2) is 0 Å². The van der Waals surface area contributed by atoms with Crippen LogP contribution in [0.15, 0.2) is 53.4 Å². The topological polar surface area (TPSA) is 109 Å². The molecule has 2 rings (SSSR count). The summed E-state index contributed by atoms with van der Waals surface area (Å²) in [7, 11) is -8.95. The lowest BCUT2D eigenvalue weighted by Crippen LogP contribution is -2.23. The molecule has 0 fully saturated rings. The Morgan fingerprint density at radius 1 is 0.897 bits per heavy atom. The molecule has 2 aromatic rings. The molecule has 0 spiro atoms. The molecule has 0 saturated heterocycles. The smallest absolute Gasteiger partial charge is 0.322 e. The van der Waals surface area contributed by atoms with Gasteiger partial charge in [-0.05, 0) is 55.0 Å². The lowest BCUT2D eigenvalue weighted by Gasteiger charge is -2.10. The van der Waals surface area contributed by atoms with Crippen molar-refractivity contribution in [1.82, 2.24) is 0 Å². The quantitative estimate of drug-likeness (QED) is 0.672. The van der Waals surface area contributed by atoms with E-state index in [1.807, 2.05) is 0 Å². The number of sulfone groups is 1. The summed E-state index contributed by atoms with van der Waals surface area (Å²) in [5, 5.41) is 2.47. The first-order valence-corrected chi connectivity index (χ1v) is 11.3. The Kier molecular flexibility index (Phi) is 6.58. The third-order valence-electron chi connectivity index (χ3n) is 3.62. The highest BCUT2D eigenvalue weighted by Crippen LogP contribution is 2.30. The van der Waals surface area contributed by atoms with Gasteiger partial charge in [-0.15, -0.1) is 0 Å². The van der Waals surface area contributed by atoms with Crippen LogP contribution in [-0.2, 0) is 19.9 Å². The molecule has 0 aliphatic carbocycles. The van der Waals surface area contributed by atoms with Gasteiger partial charge in [0.2, 0.25) is 10.0 Å². The second kappa shape index (κ2) is 8.41. The van der Waals surface area contributed by atoms with E-state index in [1.54, 1.807) is 6.92 Å². The molecule has 158 valence electrons. The molecule has 0 heterocycles. The molecule has 0 atom stereocenters. The van der Waals surface area contributed by atoms with Gasteiger partial charge >= 0.3 is 5.51 Å². The second-order valence-electron chi connectivity index (χ2n) is 5.93. The van der Waals surface area contributed by atoms with E-state index in [0.717, 1.165) is 12.1 Å². The van der Waals surface area contributed by atoms with Crippen LogP contribution in [0.3, 0.4) is 0 Å². The summed E-state index contributed by atoms with van der Waals surface area (Å²) in [5.41, 5.74) is -4.88. The number of carbonyl (C=O) groups excluding carboxylic acids is 1. The molecule has 7 nitrogen and oxygen atoms in total. The highest BCUT2D eigenvalue weighted by molar-refractivity contribution is 7.92. The van der Waals surface area contributed by atoms with Crippen molar-refractivity contribution in [3.05, 3.63) is 54.1 Å². The van der Waals surface area contributed by atoms with Crippen LogP contribution in [0.2, 0.25) is 0 Å². The molecule has 0 radical (unpaired) electrons. The fraction of sp³-hybridized carbons (Fsp3) is 0.235. The number of alkyl halides is 3. The maximum absolute atomic E-state index is 12.5. The van der Waals surface area contributed by atoms with Gasteiger partial charge in [-0.25, -0.2) is 16.8 Å². The zero-order valence-corrected chi connectivity index (χ0v) is 16.7. The van der Waals surface area contributed by atoms with E-state index in [-0.39, 0.29) is 11.3 Å². The monoisotopic (exact) mass is 450 g/mol. The molecular weight excluding hydrogens is 433 g/mol. The van der Waals surface area contributed by atoms with Crippen molar-refractivity contribution in [2.75, 3.05) is 15.8 Å². The third kappa shape index (κ3) is 5.70. The van der Waals surface area contributed by atoms with E-state index in [4.69, 9.17) is 0 Å². The van der Waals surface area contributed by atoms with Gasteiger partial charge in [-0.1, -0.05) is 6.92 Å². The van der Waals surface area contributed by atoms with Crippen molar-refractivity contribution in [3.63, 3.8) is 0 Å². The first kappa shape index (κ1) is 22.7. The fourth-order valence-corrected chi connectivity index (χ4v) is 4.14. The molecule has 29 heavy (non-hydrogen) atoms. The summed E-state index contributed by atoms with van der Waals surface area (Å²) in [6.45, 7) is 1.73. The number of sulfonamides is 1. The lowest BCUT2D eigenvalue weighted by molar-refractivity contribution is -0.0436. The Balaban J connectivity index is 2.09. The van der Waals surface area contributed by atoms with Crippen molar-refractivity contribution in [2.24, 2.45) is 0 Å². The van der Waals surface area contributed by atoms with Crippen LogP contribution in [0, 0.1) is 0 Å². The van der Waals surface area contributed by atoms with Gasteiger partial charge in [0.25, 0.3) is 15.7 Å². The van der Waals surface area contributed by atoms with Crippen molar-refractivity contribution in [3.8, 4) is 0 Å². The van der Waals surface area contributed by atoms with Gasteiger partial charge < -0.3 is 5.32 Å². The Bertz CT molecular complexity index is 1080. The van der Waals surface area contributed by atoms with Crippen LogP contribution >= 0.6 is 0 Å². The Hall–Kier alpha value is -2.60. The van der Waals surface area contributed by atoms with E-state index in [2.05, 4.69) is 10.0 Å². The Labute approximate surface area is 165 Å². The summed E-state index contributed by atoms with van der Waals surface area (Å²) >= 11 is 0. The number of rotatable bonds is 7. The van der Waals surface area contributed by atoms with Crippen molar-refractivity contribution in [2.45, 2.75) is 23.7 Å². The van der Waals surface area contributed by atoms with E-state index in [1.165, 1.54) is 24.3 Å². The van der Waals surface area contributed by atoms with Crippen LogP contribution < -0.4 is 10.0 Å². The SMILES string of the molecule is CCCS(=O)(=O)Nc1ccc(NC(=O)c2ccc(S(=O)(=O)C(F)(F)F)cc2)cc1. The standard InChI is InChI=1S/C17H17F3N2O5S2/c1-2-11-28(24,25)22-14-7-5-13(6-8-14)21-16(23)12-3-9-15(10-4-12)29(26,27)17(18,19)20/h3-10,22H,2,11H2,1H3,(H,21,23). The van der Waals surface area contributed by atoms with Crippen LogP contribution in [0.5, 0.6) is 0 Å². The maximum atomic E-state index is 12.5. The van der Waals surface area contributed by atoms with Crippen LogP contribution in [0.25, 0.3) is 0 Å². The number of carbonyl (C=O) groups is 1. The van der Waals surface area contributed by atoms with Gasteiger partial charge in [-0.2, -0.15) is 13.2 Å². The summed E-state index contributed by atoms with van der Waals surface area (Å²) in [6, 6.07) is 9.05. The highest BCUT2D eigenvalue weighted by Gasteiger charge is 2.46. The summed E-state index contributed by atoms with van der Waals surface area (Å²) < 4.78 is 86.1. The van der Waals surface area contributed by atoms with Gasteiger partial charge in [0.1, 0.15) is 0 Å². The number of nitrogens with one attached hydrogen (secondary N) is 2. The van der Waals surface area contributed by atoms with Crippen LogP contribution in [0.4, 0.5) is 24.5 Å². The van der Waals surface area contributed by atoms with Gasteiger partial charge in [-0.3, -0.25) is 9.52 Å². The first-order valence-electron chi connectivity index (χ1n) is 8.19. The lowest BCUT2D eigenvalue weighted by atomic mass is 10.2. The number of hydrogen-bond acceptors (Lipinski definition) is 5. The molecule has 0 aliphatic heterocycles. The normalized spacial score (nSPS) is 12.4. The number of benzene rings is 2. The van der Waals surface area contributed by atoms with Crippen molar-refractivity contribution < 1.29 is 34.8 Å². The molecule has 0 aliphatic rings. The van der Waals surface area contributed by atoms with E-state index in [0.29, 0.717) is 29.9 Å². The molecular formula is C17H17F3N2O5S2. The van der Waals surface area contributed by atoms with Crippen molar-refractivity contribution in [1.29, 1.82) is 0 Å². The second-order valence-corrected chi connectivity index (χ2v) is 9.71. The fourth-order valence-electron chi connectivity index (χ4n) is 2.24. The predicted octanol–water partition coefficient (Wildman–Crippen LogP) is 3.38. The van der Waals surface area contributed by atoms with E-state index in [9.17, 15) is 34.8 Å². The Morgan fingerprint density at radius 3 is 1.90 bits per heavy atom. The molecule has 12 heteroatoms. The minimum absolute atomic E-state index is 0.0362. The minimum Gasteiger partial charge on any atom is -0.322 e. The largest absolute Gasteiger partial charge is 0.501 e. The molecule has 2 aromatic carbocycles. The van der Waals surface area contributed by atoms with Gasteiger partial charge in [0.05, 0.1) is 10.6 Å². The van der Waals surface area contributed by atoms with E-state index >= 15 is 0 Å². The minimum atomic E-state index is -5.49. The Morgan fingerprint density at radius 2 is 1.41 bits per heavy atom. The van der Waals surface area contributed by atoms with Crippen LogP contribution in [-0.4, -0.2) is 34.0 Å². The average molecular weight is 450 g/mol. The maximum Gasteiger partial charge on any atom is 0.501 e. The average Bonchev–Trinajstić information content (AvgIpc) is 2.62. The van der Waals surface area contributed by atoms with E-state index < -0.39 is 36.2 Å². The molecule has 0 saturated carbocycles. The van der Waals surface area contributed by atoms with Crippen molar-refractivity contribution >= 4 is 37.1 Å². The number of amides is 1. The number of anilines is 2. The molecule has 0 bridgehead atoms. The molecule has 0 unspecified atom stereocenters. The number of halogens is 3. The number of hydrogen-bond donors (Lipinski definition) is 2. The molecule has 2 N–H and O–H groups in total.